The average Bonchev–Trinajstić information content (AvgIpc) is 2.33. The zero-order valence-corrected chi connectivity index (χ0v) is 5.00. The standard InChI is InChI=1S/C8H7O/c1-2-4-8-7(3-1)5-6-9-8/h1-4,6H,5H2. The van der Waals surface area contributed by atoms with Crippen molar-refractivity contribution < 1.29 is 4.74 Å². The molecule has 9 heavy (non-hydrogen) atoms. The molecular formula is C8H7O. The Morgan fingerprint density at radius 3 is 3.00 bits per heavy atom. The molecule has 0 saturated carbocycles. The molecule has 1 aromatic carbocycles. The van der Waals surface area contributed by atoms with Crippen LogP contribution in [0.25, 0.3) is 0 Å². The van der Waals surface area contributed by atoms with Crippen molar-refractivity contribution in [3.63, 3.8) is 0 Å². The van der Waals surface area contributed by atoms with Gasteiger partial charge in [-0.05, 0) is 11.6 Å². The van der Waals surface area contributed by atoms with E-state index in [0.717, 1.165) is 12.2 Å². The van der Waals surface area contributed by atoms with Crippen molar-refractivity contribution in [1.82, 2.24) is 0 Å². The molecular weight excluding hydrogens is 112 g/mol. The predicted octanol–water partition coefficient (Wildman–Crippen LogP) is 1.78. The first kappa shape index (κ1) is 4.86. The SMILES string of the molecule is [CH]1Cc2ccccc2O1. The lowest BCUT2D eigenvalue weighted by atomic mass is 10.2. The summed E-state index contributed by atoms with van der Waals surface area (Å²) in [6.45, 7) is 1.82. The Hall–Kier alpha value is -0.980. The third-order valence-corrected chi connectivity index (χ3v) is 1.49. The van der Waals surface area contributed by atoms with Crippen molar-refractivity contribution in [2.45, 2.75) is 6.42 Å². The molecule has 1 heteroatoms. The molecule has 0 N–H and O–H groups in total. The molecule has 0 saturated heterocycles. The van der Waals surface area contributed by atoms with Crippen LogP contribution in [0.2, 0.25) is 0 Å². The Morgan fingerprint density at radius 2 is 2.11 bits per heavy atom. The summed E-state index contributed by atoms with van der Waals surface area (Å²) in [5, 5.41) is 0. The van der Waals surface area contributed by atoms with Crippen LogP contribution in [0.5, 0.6) is 5.75 Å². The monoisotopic (exact) mass is 119 g/mol. The van der Waals surface area contributed by atoms with Crippen LogP contribution in [0.15, 0.2) is 24.3 Å². The van der Waals surface area contributed by atoms with E-state index in [4.69, 9.17) is 4.74 Å². The van der Waals surface area contributed by atoms with Crippen LogP contribution in [0, 0.1) is 6.61 Å². The third kappa shape index (κ3) is 0.689. The second-order valence-corrected chi connectivity index (χ2v) is 2.10. The van der Waals surface area contributed by atoms with Crippen LogP contribution < -0.4 is 4.74 Å². The molecule has 1 aliphatic rings. The summed E-state index contributed by atoms with van der Waals surface area (Å²) >= 11 is 0. The fourth-order valence-corrected chi connectivity index (χ4v) is 1.01. The van der Waals surface area contributed by atoms with E-state index < -0.39 is 0 Å². The third-order valence-electron chi connectivity index (χ3n) is 1.49. The number of hydrogen-bond acceptors (Lipinski definition) is 1. The highest BCUT2D eigenvalue weighted by molar-refractivity contribution is 5.37. The minimum atomic E-state index is 0.955. The van der Waals surface area contributed by atoms with E-state index in [-0.39, 0.29) is 0 Å². The van der Waals surface area contributed by atoms with Crippen LogP contribution >= 0.6 is 0 Å². The van der Waals surface area contributed by atoms with Gasteiger partial charge in [-0.1, -0.05) is 18.2 Å². The van der Waals surface area contributed by atoms with E-state index >= 15 is 0 Å². The smallest absolute Gasteiger partial charge is 0.140 e. The molecule has 0 aromatic heterocycles. The van der Waals surface area contributed by atoms with Crippen LogP contribution in [-0.2, 0) is 6.42 Å². The lowest BCUT2D eigenvalue weighted by Crippen LogP contribution is -1.76. The largest absolute Gasteiger partial charge is 0.486 e. The van der Waals surface area contributed by atoms with Gasteiger partial charge in [-0.15, -0.1) is 0 Å². The normalized spacial score (nSPS) is 14.7. The molecule has 1 nitrogen and oxygen atoms in total. The predicted molar refractivity (Wildman–Crippen MR) is 35.1 cm³/mol. The quantitative estimate of drug-likeness (QED) is 0.505. The van der Waals surface area contributed by atoms with Gasteiger partial charge in [0.15, 0.2) is 0 Å². The van der Waals surface area contributed by atoms with Gasteiger partial charge >= 0.3 is 0 Å². The minimum Gasteiger partial charge on any atom is -0.486 e. The van der Waals surface area contributed by atoms with Gasteiger partial charge in [-0.2, -0.15) is 0 Å². The van der Waals surface area contributed by atoms with E-state index in [1.165, 1.54) is 5.56 Å². The number of benzene rings is 1. The fraction of sp³-hybridized carbons (Fsp3) is 0.125. The van der Waals surface area contributed by atoms with Crippen molar-refractivity contribution >= 4 is 0 Å². The average molecular weight is 119 g/mol. The Balaban J connectivity index is 2.54. The molecule has 45 valence electrons. The lowest BCUT2D eigenvalue weighted by Gasteiger charge is -1.93. The maximum atomic E-state index is 5.17. The molecule has 0 unspecified atom stereocenters. The van der Waals surface area contributed by atoms with E-state index in [1.54, 1.807) is 0 Å². The van der Waals surface area contributed by atoms with Gasteiger partial charge in [-0.25, -0.2) is 0 Å². The first-order chi connectivity index (χ1) is 4.47. The molecule has 1 radical (unpaired) electrons. The van der Waals surface area contributed by atoms with Crippen molar-refractivity contribution in [2.24, 2.45) is 0 Å². The Kier molecular flexibility index (Phi) is 0.950. The number of ether oxygens (including phenoxy) is 1. The van der Waals surface area contributed by atoms with Gasteiger partial charge in [-0.3, -0.25) is 0 Å². The summed E-state index contributed by atoms with van der Waals surface area (Å²) in [4.78, 5) is 0. The highest BCUT2D eigenvalue weighted by Gasteiger charge is 2.09. The molecule has 0 spiro atoms. The summed E-state index contributed by atoms with van der Waals surface area (Å²) in [5.74, 6) is 1.01. The van der Waals surface area contributed by atoms with Crippen molar-refractivity contribution in [3.05, 3.63) is 36.4 Å². The lowest BCUT2D eigenvalue weighted by molar-refractivity contribution is 0.435. The topological polar surface area (TPSA) is 9.23 Å². The molecule has 1 heterocycles. The van der Waals surface area contributed by atoms with Gasteiger partial charge in [0.25, 0.3) is 0 Å². The van der Waals surface area contributed by atoms with Crippen molar-refractivity contribution in [1.29, 1.82) is 0 Å². The maximum absolute atomic E-state index is 5.17. The van der Waals surface area contributed by atoms with Crippen LogP contribution in [0.3, 0.4) is 0 Å². The van der Waals surface area contributed by atoms with Crippen LogP contribution in [0.1, 0.15) is 5.56 Å². The highest BCUT2D eigenvalue weighted by atomic mass is 16.5. The van der Waals surface area contributed by atoms with Gasteiger partial charge < -0.3 is 4.74 Å². The van der Waals surface area contributed by atoms with Crippen LogP contribution in [-0.4, -0.2) is 0 Å². The second-order valence-electron chi connectivity index (χ2n) is 2.10. The van der Waals surface area contributed by atoms with Gasteiger partial charge in [0.2, 0.25) is 0 Å². The first-order valence-electron chi connectivity index (χ1n) is 3.03. The summed E-state index contributed by atoms with van der Waals surface area (Å²) < 4.78 is 5.17. The number of para-hydroxylation sites is 1. The summed E-state index contributed by atoms with van der Waals surface area (Å²) in [6.07, 6.45) is 0.955. The van der Waals surface area contributed by atoms with Gasteiger partial charge in [0.1, 0.15) is 12.4 Å². The summed E-state index contributed by atoms with van der Waals surface area (Å²) in [5.41, 5.74) is 1.29. The number of rotatable bonds is 0. The van der Waals surface area contributed by atoms with Crippen molar-refractivity contribution in [3.8, 4) is 5.75 Å². The first-order valence-corrected chi connectivity index (χ1v) is 3.03. The molecule has 0 bridgehead atoms. The molecule has 0 amide bonds. The number of hydrogen-bond donors (Lipinski definition) is 0. The molecule has 0 aliphatic carbocycles. The Labute approximate surface area is 54.3 Å². The van der Waals surface area contributed by atoms with E-state index in [9.17, 15) is 0 Å². The second kappa shape index (κ2) is 1.76. The fourth-order valence-electron chi connectivity index (χ4n) is 1.01. The number of fused-ring (bicyclic) bond motifs is 1. The van der Waals surface area contributed by atoms with Crippen molar-refractivity contribution in [2.75, 3.05) is 0 Å². The van der Waals surface area contributed by atoms with E-state index in [0.29, 0.717) is 0 Å². The molecule has 0 atom stereocenters. The van der Waals surface area contributed by atoms with Gasteiger partial charge in [0.05, 0.1) is 0 Å². The van der Waals surface area contributed by atoms with Gasteiger partial charge in [0, 0.05) is 6.42 Å². The minimum absolute atomic E-state index is 0.955. The summed E-state index contributed by atoms with van der Waals surface area (Å²) in [6, 6.07) is 8.08. The molecule has 2 rings (SSSR count). The molecule has 0 fully saturated rings. The summed E-state index contributed by atoms with van der Waals surface area (Å²) in [7, 11) is 0. The van der Waals surface area contributed by atoms with E-state index in [2.05, 4.69) is 6.07 Å². The Morgan fingerprint density at radius 1 is 1.22 bits per heavy atom. The molecule has 1 aliphatic heterocycles. The highest BCUT2D eigenvalue weighted by Crippen LogP contribution is 2.25. The van der Waals surface area contributed by atoms with Crippen LogP contribution in [0.4, 0.5) is 0 Å². The zero-order chi connectivity index (χ0) is 6.10. The zero-order valence-electron chi connectivity index (χ0n) is 5.00. The maximum Gasteiger partial charge on any atom is 0.140 e. The Bertz CT molecular complexity index is 195. The van der Waals surface area contributed by atoms with E-state index in [1.807, 2.05) is 24.8 Å². The molecule has 1 aromatic rings.